The van der Waals surface area contributed by atoms with Crippen LogP contribution in [0.3, 0.4) is 0 Å². The zero-order chi connectivity index (χ0) is 23.0. The molecule has 0 spiro atoms. The van der Waals surface area contributed by atoms with Gasteiger partial charge in [-0.25, -0.2) is 8.42 Å². The minimum Gasteiger partial charge on any atom is -0.322 e. The Morgan fingerprint density at radius 3 is 2.64 bits per heavy atom. The maximum atomic E-state index is 13.3. The van der Waals surface area contributed by atoms with Crippen molar-refractivity contribution in [3.8, 4) is 0 Å². The number of fused-ring (bicyclic) bond motifs is 2. The molecule has 3 aromatic carbocycles. The van der Waals surface area contributed by atoms with Crippen LogP contribution in [0.25, 0.3) is 10.9 Å². The first kappa shape index (κ1) is 21.6. The molecule has 0 saturated heterocycles. The fourth-order valence-corrected chi connectivity index (χ4v) is 5.66. The van der Waals surface area contributed by atoms with Crippen LogP contribution in [-0.4, -0.2) is 30.2 Å². The van der Waals surface area contributed by atoms with E-state index in [9.17, 15) is 13.2 Å². The quantitative estimate of drug-likeness (QED) is 0.454. The summed E-state index contributed by atoms with van der Waals surface area (Å²) in [5.74, 6) is -0.482. The van der Waals surface area contributed by atoms with E-state index in [1.54, 1.807) is 18.3 Å². The predicted molar refractivity (Wildman–Crippen MR) is 129 cm³/mol. The number of hydrogen-bond donors (Lipinski definition) is 1. The third-order valence-corrected chi connectivity index (χ3v) is 7.95. The molecule has 6 nitrogen and oxygen atoms in total. The summed E-state index contributed by atoms with van der Waals surface area (Å²) >= 11 is 6.28. The van der Waals surface area contributed by atoms with E-state index in [0.717, 1.165) is 22.0 Å². The van der Waals surface area contributed by atoms with Gasteiger partial charge in [0.1, 0.15) is 0 Å². The summed E-state index contributed by atoms with van der Waals surface area (Å²) in [6, 6.07) is 21.1. The molecule has 0 radical (unpaired) electrons. The summed E-state index contributed by atoms with van der Waals surface area (Å²) < 4.78 is 28.1. The molecule has 0 fully saturated rings. The number of nitrogens with zero attached hydrogens (tertiary/aromatic N) is 2. The van der Waals surface area contributed by atoms with E-state index in [2.05, 4.69) is 10.3 Å². The molecule has 4 aromatic rings. The second-order valence-corrected chi connectivity index (χ2v) is 10.2. The van der Waals surface area contributed by atoms with Gasteiger partial charge in [-0.05, 0) is 60.0 Å². The molecule has 0 saturated carbocycles. The van der Waals surface area contributed by atoms with Gasteiger partial charge in [-0.1, -0.05) is 41.9 Å². The third-order valence-electron chi connectivity index (χ3n) is 5.78. The molecule has 8 heteroatoms. The summed E-state index contributed by atoms with van der Waals surface area (Å²) in [5, 5.41) is 3.86. The Morgan fingerprint density at radius 1 is 0.970 bits per heavy atom. The van der Waals surface area contributed by atoms with Crippen molar-refractivity contribution in [3.63, 3.8) is 0 Å². The average molecular weight is 478 g/mol. The van der Waals surface area contributed by atoms with Crippen molar-refractivity contribution >= 4 is 44.1 Å². The number of pyridine rings is 1. The number of halogens is 1. The Kier molecular flexibility index (Phi) is 5.62. The number of aromatic nitrogens is 1. The van der Waals surface area contributed by atoms with E-state index in [1.165, 1.54) is 22.5 Å². The highest BCUT2D eigenvalue weighted by molar-refractivity contribution is 7.89. The highest BCUT2D eigenvalue weighted by Crippen LogP contribution is 2.28. The number of benzene rings is 3. The highest BCUT2D eigenvalue weighted by atomic mass is 35.5. The maximum Gasteiger partial charge on any atom is 0.257 e. The minimum absolute atomic E-state index is 0.0409. The van der Waals surface area contributed by atoms with Crippen LogP contribution in [0, 0.1) is 0 Å². The van der Waals surface area contributed by atoms with E-state index in [-0.39, 0.29) is 15.5 Å². The fraction of sp³-hybridized carbons (Fsp3) is 0.120. The highest BCUT2D eigenvalue weighted by Gasteiger charge is 2.29. The SMILES string of the molecule is O=C(Nc1ccc2ncccc2c1)c1cc(S(=O)(=O)N2CCc3ccccc3C2)ccc1Cl. The number of carbonyl (C=O) groups excluding carboxylic acids is 1. The Hall–Kier alpha value is -3.26. The van der Waals surface area contributed by atoms with Crippen LogP contribution in [0.4, 0.5) is 5.69 Å². The van der Waals surface area contributed by atoms with Crippen molar-refractivity contribution in [2.75, 3.05) is 11.9 Å². The van der Waals surface area contributed by atoms with E-state index in [4.69, 9.17) is 11.6 Å². The zero-order valence-electron chi connectivity index (χ0n) is 17.5. The van der Waals surface area contributed by atoms with Crippen LogP contribution in [-0.2, 0) is 23.0 Å². The Labute approximate surface area is 196 Å². The first-order valence-corrected chi connectivity index (χ1v) is 12.3. The van der Waals surface area contributed by atoms with Crippen LogP contribution in [0.15, 0.2) is 83.9 Å². The van der Waals surface area contributed by atoms with E-state index in [0.29, 0.717) is 25.2 Å². The van der Waals surface area contributed by atoms with Gasteiger partial charge in [-0.2, -0.15) is 4.31 Å². The van der Waals surface area contributed by atoms with Crippen LogP contribution in [0.1, 0.15) is 21.5 Å². The molecule has 1 N–H and O–H groups in total. The Balaban J connectivity index is 1.42. The monoisotopic (exact) mass is 477 g/mol. The van der Waals surface area contributed by atoms with E-state index in [1.807, 2.05) is 42.5 Å². The number of carbonyl (C=O) groups is 1. The third kappa shape index (κ3) is 4.23. The summed E-state index contributed by atoms with van der Waals surface area (Å²) in [6.07, 6.45) is 2.35. The maximum absolute atomic E-state index is 13.3. The lowest BCUT2D eigenvalue weighted by molar-refractivity contribution is 0.102. The summed E-state index contributed by atoms with van der Waals surface area (Å²) in [7, 11) is -3.79. The lowest BCUT2D eigenvalue weighted by atomic mass is 10.0. The molecule has 1 aliphatic heterocycles. The number of hydrogen-bond acceptors (Lipinski definition) is 4. The van der Waals surface area contributed by atoms with Crippen molar-refractivity contribution in [1.29, 1.82) is 0 Å². The smallest absolute Gasteiger partial charge is 0.257 e. The molecular weight excluding hydrogens is 458 g/mol. The van der Waals surface area contributed by atoms with E-state index >= 15 is 0 Å². The number of sulfonamides is 1. The molecule has 5 rings (SSSR count). The topological polar surface area (TPSA) is 79.4 Å². The Morgan fingerprint density at radius 2 is 1.79 bits per heavy atom. The standard InChI is InChI=1S/C25H20ClN3O3S/c26-23-9-8-21(33(31,32)29-13-11-17-4-1-2-5-19(17)16-29)15-22(23)25(30)28-20-7-10-24-18(14-20)6-3-12-27-24/h1-10,12,14-15H,11,13,16H2,(H,28,30). The number of amides is 1. The first-order valence-electron chi connectivity index (χ1n) is 10.4. The van der Waals surface area contributed by atoms with Crippen molar-refractivity contribution in [2.24, 2.45) is 0 Å². The largest absolute Gasteiger partial charge is 0.322 e. The van der Waals surface area contributed by atoms with Gasteiger partial charge < -0.3 is 5.32 Å². The molecule has 166 valence electrons. The van der Waals surface area contributed by atoms with Gasteiger partial charge in [0.15, 0.2) is 0 Å². The summed E-state index contributed by atoms with van der Waals surface area (Å²) in [4.78, 5) is 17.3. The van der Waals surface area contributed by atoms with Crippen molar-refractivity contribution in [1.82, 2.24) is 9.29 Å². The van der Waals surface area contributed by atoms with Gasteiger partial charge in [0.25, 0.3) is 5.91 Å². The fourth-order valence-electron chi connectivity index (χ4n) is 4.01. The molecular formula is C25H20ClN3O3S. The molecule has 33 heavy (non-hydrogen) atoms. The van der Waals surface area contributed by atoms with Crippen LogP contribution < -0.4 is 5.32 Å². The minimum atomic E-state index is -3.79. The lowest BCUT2D eigenvalue weighted by Gasteiger charge is -2.28. The molecule has 0 aliphatic carbocycles. The van der Waals surface area contributed by atoms with Gasteiger partial charge in [0.2, 0.25) is 10.0 Å². The summed E-state index contributed by atoms with van der Waals surface area (Å²) in [5.41, 5.74) is 3.62. The van der Waals surface area contributed by atoms with Gasteiger partial charge in [-0.3, -0.25) is 9.78 Å². The van der Waals surface area contributed by atoms with Crippen LogP contribution in [0.5, 0.6) is 0 Å². The molecule has 0 unspecified atom stereocenters. The lowest BCUT2D eigenvalue weighted by Crippen LogP contribution is -2.36. The molecule has 0 bridgehead atoms. The molecule has 1 aliphatic rings. The van der Waals surface area contributed by atoms with Crippen molar-refractivity contribution < 1.29 is 13.2 Å². The van der Waals surface area contributed by atoms with Gasteiger partial charge >= 0.3 is 0 Å². The first-order chi connectivity index (χ1) is 15.9. The van der Waals surface area contributed by atoms with E-state index < -0.39 is 15.9 Å². The van der Waals surface area contributed by atoms with Gasteiger partial charge in [0.05, 0.1) is 21.0 Å². The molecule has 1 amide bonds. The second kappa shape index (κ2) is 8.59. The van der Waals surface area contributed by atoms with Gasteiger partial charge in [0, 0.05) is 30.4 Å². The number of rotatable bonds is 4. The zero-order valence-corrected chi connectivity index (χ0v) is 19.1. The molecule has 0 atom stereocenters. The molecule has 1 aromatic heterocycles. The average Bonchev–Trinajstić information content (AvgIpc) is 2.83. The number of anilines is 1. The number of nitrogens with one attached hydrogen (secondary N) is 1. The van der Waals surface area contributed by atoms with Crippen molar-refractivity contribution in [2.45, 2.75) is 17.9 Å². The van der Waals surface area contributed by atoms with Crippen molar-refractivity contribution in [3.05, 3.63) is 101 Å². The van der Waals surface area contributed by atoms with Crippen LogP contribution in [0.2, 0.25) is 5.02 Å². The van der Waals surface area contributed by atoms with Crippen LogP contribution >= 0.6 is 11.6 Å². The summed E-state index contributed by atoms with van der Waals surface area (Å²) in [6.45, 7) is 0.683. The molecule has 2 heterocycles. The normalized spacial score (nSPS) is 14.1. The second-order valence-electron chi connectivity index (χ2n) is 7.86. The Bertz CT molecular complexity index is 1490. The predicted octanol–water partition coefficient (Wildman–Crippen LogP) is 4.89. The van der Waals surface area contributed by atoms with Gasteiger partial charge in [-0.15, -0.1) is 0 Å².